The third kappa shape index (κ3) is 1.24. The molecule has 2 saturated carbocycles. The van der Waals surface area contributed by atoms with Gasteiger partial charge in [0.2, 0.25) is 0 Å². The van der Waals surface area contributed by atoms with Crippen molar-refractivity contribution >= 4 is 18.5 Å². The van der Waals surface area contributed by atoms with Gasteiger partial charge in [0.25, 0.3) is 0 Å². The molecule has 3 aliphatic carbocycles. The molecule has 0 spiro atoms. The van der Waals surface area contributed by atoms with Gasteiger partial charge in [-0.25, -0.2) is 0 Å². The lowest BCUT2D eigenvalue weighted by Gasteiger charge is -2.38. The van der Waals surface area contributed by atoms with Gasteiger partial charge in [0.15, 0.2) is 0 Å². The zero-order chi connectivity index (χ0) is 15.0. The topological polar surface area (TPSA) is 91.7 Å². The normalized spacial score (nSPS) is 47.8. The largest absolute Gasteiger partial charge is 0.481 e. The number of aldehydes is 2. The molecule has 0 amide bonds. The van der Waals surface area contributed by atoms with Crippen LogP contribution in [0.15, 0.2) is 11.6 Å². The van der Waals surface area contributed by atoms with E-state index in [9.17, 15) is 24.6 Å². The molecule has 2 N–H and O–H groups in total. The van der Waals surface area contributed by atoms with E-state index < -0.39 is 28.3 Å². The van der Waals surface area contributed by atoms with Crippen LogP contribution in [0, 0.1) is 22.2 Å². The second kappa shape index (κ2) is 3.39. The smallest absolute Gasteiger partial charge is 0.311 e. The fourth-order valence-corrected chi connectivity index (χ4v) is 4.80. The van der Waals surface area contributed by atoms with Gasteiger partial charge in [-0.15, -0.1) is 0 Å². The molecule has 0 aromatic carbocycles. The van der Waals surface area contributed by atoms with Gasteiger partial charge in [0, 0.05) is 11.5 Å². The Morgan fingerprint density at radius 1 is 1.35 bits per heavy atom. The van der Waals surface area contributed by atoms with Crippen LogP contribution in [0.5, 0.6) is 0 Å². The fraction of sp³-hybridized carbons (Fsp3) is 0.667. The highest BCUT2D eigenvalue weighted by atomic mass is 16.4. The first-order valence-electron chi connectivity index (χ1n) is 6.78. The van der Waals surface area contributed by atoms with E-state index in [4.69, 9.17) is 0 Å². The molecule has 3 rings (SSSR count). The van der Waals surface area contributed by atoms with Gasteiger partial charge in [-0.2, -0.15) is 0 Å². The first-order valence-corrected chi connectivity index (χ1v) is 6.78. The summed E-state index contributed by atoms with van der Waals surface area (Å²) in [6.07, 6.45) is 3.62. The van der Waals surface area contributed by atoms with Crippen LogP contribution >= 0.6 is 0 Å². The van der Waals surface area contributed by atoms with Crippen LogP contribution in [-0.4, -0.2) is 34.4 Å². The molecule has 5 nitrogen and oxygen atoms in total. The Bertz CT molecular complexity index is 563. The van der Waals surface area contributed by atoms with Gasteiger partial charge in [0.1, 0.15) is 12.6 Å². The van der Waals surface area contributed by atoms with E-state index >= 15 is 0 Å². The minimum absolute atomic E-state index is 0.118. The lowest BCUT2D eigenvalue weighted by molar-refractivity contribution is -0.153. The molecule has 0 aromatic heterocycles. The standard InChI is InChI=1S/C15H18O5/c1-12(2)4-10-14(20,6-12)3-9(5-16)13(8-17)7-15(10,13)11(18)19/h3,5,8,10,20H,4,6-7H2,1-2H3,(H,18,19)/t10-,13+,14-,15+/m1/s1. The van der Waals surface area contributed by atoms with Crippen molar-refractivity contribution in [3.8, 4) is 0 Å². The van der Waals surface area contributed by atoms with Crippen LogP contribution in [0.2, 0.25) is 0 Å². The van der Waals surface area contributed by atoms with Crippen molar-refractivity contribution in [1.82, 2.24) is 0 Å². The Kier molecular flexibility index (Phi) is 2.29. The van der Waals surface area contributed by atoms with Crippen molar-refractivity contribution in [2.24, 2.45) is 22.2 Å². The van der Waals surface area contributed by atoms with Crippen LogP contribution in [0.25, 0.3) is 0 Å². The van der Waals surface area contributed by atoms with Crippen molar-refractivity contribution in [1.29, 1.82) is 0 Å². The SMILES string of the molecule is CC1(C)C[C@@H]2[C@@](O)(C=C(C=O)[C@@]3(C=O)C[C@@]23C(=O)O)C1. The monoisotopic (exact) mass is 278 g/mol. The Morgan fingerprint density at radius 3 is 2.50 bits per heavy atom. The number of carboxylic acid groups (broad SMARTS) is 1. The molecule has 0 saturated heterocycles. The number of rotatable bonds is 3. The maximum absolute atomic E-state index is 11.8. The van der Waals surface area contributed by atoms with E-state index in [0.29, 0.717) is 25.4 Å². The molecule has 0 heterocycles. The third-order valence-corrected chi connectivity index (χ3v) is 5.58. The summed E-state index contributed by atoms with van der Waals surface area (Å²) in [7, 11) is 0. The maximum atomic E-state index is 11.8. The van der Waals surface area contributed by atoms with E-state index in [1.807, 2.05) is 13.8 Å². The van der Waals surface area contributed by atoms with E-state index in [1.165, 1.54) is 6.08 Å². The van der Waals surface area contributed by atoms with Crippen LogP contribution in [-0.2, 0) is 14.4 Å². The highest BCUT2D eigenvalue weighted by Gasteiger charge is 2.83. The summed E-state index contributed by atoms with van der Waals surface area (Å²) in [5.74, 6) is -1.60. The quantitative estimate of drug-likeness (QED) is 0.750. The average molecular weight is 278 g/mol. The molecule has 0 aliphatic heterocycles. The maximum Gasteiger partial charge on any atom is 0.311 e. The lowest BCUT2D eigenvalue weighted by Crippen LogP contribution is -2.47. The van der Waals surface area contributed by atoms with E-state index in [0.717, 1.165) is 0 Å². The van der Waals surface area contributed by atoms with E-state index in [2.05, 4.69) is 0 Å². The predicted molar refractivity (Wildman–Crippen MR) is 68.8 cm³/mol. The number of allylic oxidation sites excluding steroid dienone is 1. The average Bonchev–Trinajstić information content (AvgIpc) is 2.97. The number of fused-ring (bicyclic) bond motifs is 3. The Labute approximate surface area is 116 Å². The highest BCUT2D eigenvalue weighted by Crippen LogP contribution is 2.77. The lowest BCUT2D eigenvalue weighted by atomic mass is 9.66. The predicted octanol–water partition coefficient (Wildman–Crippen LogP) is 0.953. The molecule has 5 heteroatoms. The van der Waals surface area contributed by atoms with Crippen molar-refractivity contribution in [2.45, 2.75) is 38.7 Å². The Hall–Kier alpha value is -1.49. The number of aliphatic carboxylic acids is 1. The van der Waals surface area contributed by atoms with Crippen molar-refractivity contribution in [3.63, 3.8) is 0 Å². The minimum Gasteiger partial charge on any atom is -0.481 e. The summed E-state index contributed by atoms with van der Waals surface area (Å²) in [6.45, 7) is 3.94. The zero-order valence-electron chi connectivity index (χ0n) is 11.5. The van der Waals surface area contributed by atoms with Crippen molar-refractivity contribution < 1.29 is 24.6 Å². The van der Waals surface area contributed by atoms with Gasteiger partial charge in [0.05, 0.1) is 16.4 Å². The van der Waals surface area contributed by atoms with E-state index in [1.54, 1.807) is 0 Å². The molecule has 0 unspecified atom stereocenters. The van der Waals surface area contributed by atoms with Crippen molar-refractivity contribution in [2.75, 3.05) is 0 Å². The second-order valence-electron chi connectivity index (χ2n) is 7.35. The van der Waals surface area contributed by atoms with E-state index in [-0.39, 0.29) is 17.4 Å². The van der Waals surface area contributed by atoms with Gasteiger partial charge < -0.3 is 15.0 Å². The number of aliphatic hydroxyl groups is 1. The molecule has 3 aliphatic rings. The Morgan fingerprint density at radius 2 is 2.00 bits per heavy atom. The summed E-state index contributed by atoms with van der Waals surface area (Å²) < 4.78 is 0. The molecule has 0 bridgehead atoms. The minimum atomic E-state index is -1.32. The van der Waals surface area contributed by atoms with Gasteiger partial charge >= 0.3 is 5.97 Å². The molecule has 0 aromatic rings. The number of hydrogen-bond acceptors (Lipinski definition) is 4. The van der Waals surface area contributed by atoms with Crippen LogP contribution in [0.1, 0.15) is 33.1 Å². The number of hydrogen-bond donors (Lipinski definition) is 2. The first-order chi connectivity index (χ1) is 9.17. The van der Waals surface area contributed by atoms with Crippen LogP contribution in [0.4, 0.5) is 0 Å². The van der Waals surface area contributed by atoms with Gasteiger partial charge in [-0.3, -0.25) is 9.59 Å². The molecular formula is C15H18O5. The molecule has 108 valence electrons. The van der Waals surface area contributed by atoms with Crippen molar-refractivity contribution in [3.05, 3.63) is 11.6 Å². The summed E-state index contributed by atoms with van der Waals surface area (Å²) in [5, 5.41) is 20.5. The third-order valence-electron chi connectivity index (χ3n) is 5.58. The molecule has 2 fully saturated rings. The molecular weight excluding hydrogens is 260 g/mol. The molecule has 0 radical (unpaired) electrons. The van der Waals surface area contributed by atoms with Crippen LogP contribution < -0.4 is 0 Å². The zero-order valence-corrected chi connectivity index (χ0v) is 11.5. The summed E-state index contributed by atoms with van der Waals surface area (Å²) in [5.41, 5.74) is -3.94. The summed E-state index contributed by atoms with van der Waals surface area (Å²) in [6, 6.07) is 0. The number of carboxylic acids is 1. The second-order valence-corrected chi connectivity index (χ2v) is 7.35. The molecule has 20 heavy (non-hydrogen) atoms. The molecule has 4 atom stereocenters. The highest BCUT2D eigenvalue weighted by molar-refractivity contribution is 5.99. The van der Waals surface area contributed by atoms with Gasteiger partial charge in [-0.05, 0) is 30.8 Å². The fourth-order valence-electron chi connectivity index (χ4n) is 4.80. The summed E-state index contributed by atoms with van der Waals surface area (Å²) in [4.78, 5) is 34.6. The number of carbonyl (C=O) groups is 3. The Balaban J connectivity index is 2.23. The summed E-state index contributed by atoms with van der Waals surface area (Å²) >= 11 is 0. The van der Waals surface area contributed by atoms with Crippen LogP contribution in [0.3, 0.4) is 0 Å². The number of carbonyl (C=O) groups excluding carboxylic acids is 2. The van der Waals surface area contributed by atoms with Gasteiger partial charge in [-0.1, -0.05) is 13.8 Å². The first kappa shape index (κ1) is 13.5.